The van der Waals surface area contributed by atoms with Crippen molar-refractivity contribution in [3.8, 4) is 0 Å². The number of ether oxygens (including phenoxy) is 1. The second-order valence-electron chi connectivity index (χ2n) is 4.83. The van der Waals surface area contributed by atoms with Crippen LogP contribution in [0.1, 0.15) is 40.0 Å². The fourth-order valence-electron chi connectivity index (χ4n) is 2.38. The molecule has 1 amide bonds. The van der Waals surface area contributed by atoms with Crippen molar-refractivity contribution >= 4 is 5.91 Å². The molecule has 0 spiro atoms. The minimum absolute atomic E-state index is 0.0395. The van der Waals surface area contributed by atoms with E-state index in [-0.39, 0.29) is 18.1 Å². The molecule has 100 valence electrons. The van der Waals surface area contributed by atoms with E-state index in [0.29, 0.717) is 18.9 Å². The fraction of sp³-hybridized carbons (Fsp3) is 0.923. The van der Waals surface area contributed by atoms with Crippen LogP contribution in [0.25, 0.3) is 0 Å². The lowest BCUT2D eigenvalue weighted by atomic mass is 9.95. The first-order valence-corrected chi connectivity index (χ1v) is 6.79. The molecule has 4 heteroatoms. The number of carbonyl (C=O) groups excluding carboxylic acids is 1. The highest BCUT2D eigenvalue weighted by Gasteiger charge is 2.20. The molecule has 17 heavy (non-hydrogen) atoms. The van der Waals surface area contributed by atoms with E-state index in [1.807, 2.05) is 0 Å². The minimum atomic E-state index is 0.0395. The number of carbonyl (C=O) groups is 1. The molecule has 1 aliphatic heterocycles. The first kappa shape index (κ1) is 14.5. The zero-order valence-electron chi connectivity index (χ0n) is 11.3. The maximum absolute atomic E-state index is 11.8. The predicted octanol–water partition coefficient (Wildman–Crippen LogP) is 1.31. The molecule has 0 bridgehead atoms. The molecule has 1 heterocycles. The molecular formula is C13H26N2O2. The Morgan fingerprint density at radius 3 is 2.71 bits per heavy atom. The van der Waals surface area contributed by atoms with Gasteiger partial charge >= 0.3 is 0 Å². The third kappa shape index (κ3) is 5.04. The van der Waals surface area contributed by atoms with E-state index in [1.165, 1.54) is 0 Å². The Bertz CT molecular complexity index is 223. The van der Waals surface area contributed by atoms with Crippen LogP contribution in [0.5, 0.6) is 0 Å². The number of nitrogens with one attached hydrogen (secondary N) is 2. The van der Waals surface area contributed by atoms with Crippen LogP contribution in [0, 0.1) is 5.92 Å². The van der Waals surface area contributed by atoms with Crippen molar-refractivity contribution in [2.24, 2.45) is 5.92 Å². The third-order valence-corrected chi connectivity index (χ3v) is 3.56. The molecule has 0 aromatic rings. The molecule has 2 atom stereocenters. The smallest absolute Gasteiger partial charge is 0.222 e. The highest BCUT2D eigenvalue weighted by atomic mass is 16.5. The van der Waals surface area contributed by atoms with E-state index in [9.17, 15) is 4.79 Å². The average Bonchev–Trinajstić information content (AvgIpc) is 2.31. The van der Waals surface area contributed by atoms with Gasteiger partial charge in [0.25, 0.3) is 0 Å². The SMILES string of the molecule is CCC(CC)C(C)NC(=O)CC1CNCCO1. The highest BCUT2D eigenvalue weighted by Crippen LogP contribution is 2.13. The summed E-state index contributed by atoms with van der Waals surface area (Å²) in [5, 5.41) is 6.32. The van der Waals surface area contributed by atoms with Gasteiger partial charge in [-0.1, -0.05) is 26.7 Å². The summed E-state index contributed by atoms with van der Waals surface area (Å²) < 4.78 is 5.52. The van der Waals surface area contributed by atoms with Crippen LogP contribution in [-0.2, 0) is 9.53 Å². The van der Waals surface area contributed by atoms with Crippen LogP contribution < -0.4 is 10.6 Å². The van der Waals surface area contributed by atoms with E-state index in [4.69, 9.17) is 4.74 Å². The van der Waals surface area contributed by atoms with Gasteiger partial charge in [0.2, 0.25) is 5.91 Å². The molecule has 0 aliphatic carbocycles. The Morgan fingerprint density at radius 1 is 1.47 bits per heavy atom. The van der Waals surface area contributed by atoms with E-state index in [0.717, 1.165) is 25.9 Å². The zero-order valence-corrected chi connectivity index (χ0v) is 11.3. The normalized spacial score (nSPS) is 22.5. The Balaban J connectivity index is 2.27. The largest absolute Gasteiger partial charge is 0.375 e. The van der Waals surface area contributed by atoms with Crippen LogP contribution in [0.4, 0.5) is 0 Å². The van der Waals surface area contributed by atoms with Gasteiger partial charge in [-0.15, -0.1) is 0 Å². The molecule has 0 radical (unpaired) electrons. The summed E-state index contributed by atoms with van der Waals surface area (Å²) in [5.74, 6) is 0.683. The summed E-state index contributed by atoms with van der Waals surface area (Å²) in [6.45, 7) is 8.82. The van der Waals surface area contributed by atoms with E-state index in [1.54, 1.807) is 0 Å². The Kier molecular flexibility index (Phi) is 6.52. The number of hydrogen-bond donors (Lipinski definition) is 2. The van der Waals surface area contributed by atoms with Gasteiger partial charge in [0.15, 0.2) is 0 Å². The van der Waals surface area contributed by atoms with Crippen LogP contribution in [0.15, 0.2) is 0 Å². The summed E-state index contributed by atoms with van der Waals surface area (Å²) in [4.78, 5) is 11.8. The van der Waals surface area contributed by atoms with Gasteiger partial charge in [0.1, 0.15) is 0 Å². The number of rotatable bonds is 6. The summed E-state index contributed by atoms with van der Waals surface area (Å²) in [7, 11) is 0. The fourth-order valence-corrected chi connectivity index (χ4v) is 2.38. The topological polar surface area (TPSA) is 50.4 Å². The monoisotopic (exact) mass is 242 g/mol. The van der Waals surface area contributed by atoms with Crippen molar-refractivity contribution in [3.63, 3.8) is 0 Å². The van der Waals surface area contributed by atoms with Crippen molar-refractivity contribution in [2.45, 2.75) is 52.2 Å². The van der Waals surface area contributed by atoms with Gasteiger partial charge < -0.3 is 15.4 Å². The lowest BCUT2D eigenvalue weighted by Crippen LogP contribution is -2.44. The maximum Gasteiger partial charge on any atom is 0.222 e. The van der Waals surface area contributed by atoms with Crippen LogP contribution in [0.2, 0.25) is 0 Å². The van der Waals surface area contributed by atoms with Gasteiger partial charge in [-0.2, -0.15) is 0 Å². The molecule has 4 nitrogen and oxygen atoms in total. The average molecular weight is 242 g/mol. The number of hydrogen-bond acceptors (Lipinski definition) is 3. The van der Waals surface area contributed by atoms with E-state index < -0.39 is 0 Å². The quantitative estimate of drug-likeness (QED) is 0.738. The Morgan fingerprint density at radius 2 is 2.18 bits per heavy atom. The van der Waals surface area contributed by atoms with Gasteiger partial charge in [-0.3, -0.25) is 4.79 Å². The zero-order chi connectivity index (χ0) is 12.7. The minimum Gasteiger partial charge on any atom is -0.375 e. The first-order chi connectivity index (χ1) is 8.17. The maximum atomic E-state index is 11.8. The highest BCUT2D eigenvalue weighted by molar-refractivity contribution is 5.76. The van der Waals surface area contributed by atoms with Crippen molar-refractivity contribution < 1.29 is 9.53 Å². The molecule has 0 aromatic heterocycles. The molecule has 1 rings (SSSR count). The molecule has 1 saturated heterocycles. The van der Waals surface area contributed by atoms with E-state index >= 15 is 0 Å². The summed E-state index contributed by atoms with van der Waals surface area (Å²) in [6, 6.07) is 0.258. The van der Waals surface area contributed by atoms with Crippen LogP contribution >= 0.6 is 0 Å². The standard InChI is InChI=1S/C13H26N2O2/c1-4-11(5-2)10(3)15-13(16)8-12-9-14-6-7-17-12/h10-12,14H,4-9H2,1-3H3,(H,15,16). The molecule has 0 saturated carbocycles. The second kappa shape index (κ2) is 7.67. The number of amides is 1. The van der Waals surface area contributed by atoms with Gasteiger partial charge in [0, 0.05) is 19.1 Å². The second-order valence-corrected chi connectivity index (χ2v) is 4.83. The van der Waals surface area contributed by atoms with Gasteiger partial charge in [-0.05, 0) is 12.8 Å². The first-order valence-electron chi connectivity index (χ1n) is 6.79. The molecule has 1 fully saturated rings. The summed E-state index contributed by atoms with van der Waals surface area (Å²) in [6.07, 6.45) is 2.73. The van der Waals surface area contributed by atoms with E-state index in [2.05, 4.69) is 31.4 Å². The summed E-state index contributed by atoms with van der Waals surface area (Å²) in [5.41, 5.74) is 0. The molecule has 1 aliphatic rings. The molecule has 2 unspecified atom stereocenters. The summed E-state index contributed by atoms with van der Waals surface area (Å²) >= 11 is 0. The molecule has 2 N–H and O–H groups in total. The van der Waals surface area contributed by atoms with Crippen molar-refractivity contribution in [1.29, 1.82) is 0 Å². The van der Waals surface area contributed by atoms with Crippen molar-refractivity contribution in [3.05, 3.63) is 0 Å². The molecular weight excluding hydrogens is 216 g/mol. The third-order valence-electron chi connectivity index (χ3n) is 3.56. The molecule has 0 aromatic carbocycles. The van der Waals surface area contributed by atoms with Crippen LogP contribution in [0.3, 0.4) is 0 Å². The predicted molar refractivity (Wildman–Crippen MR) is 68.9 cm³/mol. The van der Waals surface area contributed by atoms with Gasteiger partial charge in [-0.25, -0.2) is 0 Å². The lowest BCUT2D eigenvalue weighted by molar-refractivity contribution is -0.125. The lowest BCUT2D eigenvalue weighted by Gasteiger charge is -2.26. The van der Waals surface area contributed by atoms with Crippen LogP contribution in [-0.4, -0.2) is 37.7 Å². The number of morpholine rings is 1. The van der Waals surface area contributed by atoms with Crippen molar-refractivity contribution in [2.75, 3.05) is 19.7 Å². The Labute approximate surface area is 104 Å². The Hall–Kier alpha value is -0.610. The van der Waals surface area contributed by atoms with Gasteiger partial charge in [0.05, 0.1) is 19.1 Å². The van der Waals surface area contributed by atoms with Crippen molar-refractivity contribution in [1.82, 2.24) is 10.6 Å².